The van der Waals surface area contributed by atoms with Crippen molar-refractivity contribution in [3.8, 4) is 0 Å². The van der Waals surface area contributed by atoms with Crippen molar-refractivity contribution in [2.24, 2.45) is 16.6 Å². The quantitative estimate of drug-likeness (QED) is 0.178. The molecule has 1 aromatic carbocycles. The van der Waals surface area contributed by atoms with Gasteiger partial charge in [-0.15, -0.1) is 0 Å². The van der Waals surface area contributed by atoms with E-state index in [-0.39, 0.29) is 73.6 Å². The molecule has 1 aliphatic carbocycles. The molecule has 5 heterocycles. The van der Waals surface area contributed by atoms with Crippen LogP contribution in [0, 0.1) is 5.92 Å². The Morgan fingerprint density at radius 1 is 1.05 bits per heavy atom. The molecule has 18 nitrogen and oxygen atoms in total. The molecule has 4 aliphatic rings. The maximum Gasteiger partial charge on any atom is 0.254 e. The van der Waals surface area contributed by atoms with Gasteiger partial charge in [-0.2, -0.15) is 0 Å². The van der Waals surface area contributed by atoms with E-state index >= 15 is 0 Å². The number of nitrogens with zero attached hydrogens (tertiary/aromatic N) is 6. The molecule has 0 radical (unpaired) electrons. The van der Waals surface area contributed by atoms with Gasteiger partial charge < -0.3 is 40.7 Å². The Bertz CT molecular complexity index is 2300. The zero-order valence-electron chi connectivity index (χ0n) is 32.8. The predicted molar refractivity (Wildman–Crippen MR) is 214 cm³/mol. The van der Waals surface area contributed by atoms with Crippen molar-refractivity contribution in [2.75, 3.05) is 57.6 Å². The van der Waals surface area contributed by atoms with Gasteiger partial charge in [0.1, 0.15) is 5.84 Å². The second-order valence-corrected chi connectivity index (χ2v) is 17.1. The second kappa shape index (κ2) is 17.3. The third-order valence-corrected chi connectivity index (χ3v) is 11.6. The maximum absolute atomic E-state index is 13.9. The van der Waals surface area contributed by atoms with Crippen LogP contribution in [0.4, 0.5) is 11.4 Å². The molecule has 1 saturated heterocycles. The Morgan fingerprint density at radius 3 is 2.47 bits per heavy atom. The lowest BCUT2D eigenvalue weighted by atomic mass is 9.92. The number of hydrogen-bond donors (Lipinski definition) is 4. The fourth-order valence-electron chi connectivity index (χ4n) is 7.40. The molecule has 3 aliphatic heterocycles. The fourth-order valence-corrected chi connectivity index (χ4v) is 7.89. The van der Waals surface area contributed by atoms with Gasteiger partial charge in [-0.25, -0.2) is 23.4 Å². The normalized spacial score (nSPS) is 19.5. The molecule has 0 spiro atoms. The van der Waals surface area contributed by atoms with Gasteiger partial charge in [-0.3, -0.25) is 24.2 Å². The van der Waals surface area contributed by atoms with Crippen LogP contribution in [0.15, 0.2) is 58.6 Å². The van der Waals surface area contributed by atoms with Crippen LogP contribution in [0.3, 0.4) is 0 Å². The number of benzene rings is 1. The lowest BCUT2D eigenvalue weighted by Gasteiger charge is -2.34. The molecule has 3 aromatic rings. The van der Waals surface area contributed by atoms with Crippen molar-refractivity contribution in [1.29, 1.82) is 0 Å². The zero-order valence-corrected chi connectivity index (χ0v) is 33.7. The van der Waals surface area contributed by atoms with Crippen LogP contribution in [0.5, 0.6) is 0 Å². The molecule has 0 atom stereocenters. The molecular formula is C40H47N9O9S. The van der Waals surface area contributed by atoms with Crippen molar-refractivity contribution >= 4 is 56.8 Å². The summed E-state index contributed by atoms with van der Waals surface area (Å²) in [4.78, 5) is 73.3. The standard InChI is InChI=1S/C40H47N9O9S/c1-3-9-48(11-12-50)36(52)25-13-24-4-5-29(16-32(24)47-33(41)15-25)40(7-8-40)38(54)46-30-14-26-21-49(10-6-31(26)42-19-30)37(53)28-22-57-34(58-23-28)20-43-35(51)27-17-44-39(45-18-27)59(2,55)56/h4-5,13-14,16-19,28,34,50H,3,6-12,15,20-23H2,1-2H3,(H2,41,47)(H,43,51)(H,46,54). The average molecular weight is 830 g/mol. The minimum absolute atomic E-state index is 0.00754. The minimum atomic E-state index is -3.60. The average Bonchev–Trinajstić information content (AvgIpc) is 4.06. The summed E-state index contributed by atoms with van der Waals surface area (Å²) < 4.78 is 34.6. The number of hydrogen-bond acceptors (Lipinski definition) is 14. The number of amides is 4. The highest BCUT2D eigenvalue weighted by Crippen LogP contribution is 2.50. The number of sulfone groups is 1. The first-order valence-electron chi connectivity index (χ1n) is 19.5. The van der Waals surface area contributed by atoms with E-state index in [1.807, 2.05) is 31.2 Å². The van der Waals surface area contributed by atoms with Gasteiger partial charge in [0.15, 0.2) is 6.29 Å². The molecular weight excluding hydrogens is 783 g/mol. The number of aliphatic hydroxyl groups is 1. The van der Waals surface area contributed by atoms with Crippen LogP contribution in [-0.4, -0.2) is 126 Å². The highest BCUT2D eigenvalue weighted by atomic mass is 32.2. The van der Waals surface area contributed by atoms with E-state index in [9.17, 15) is 32.7 Å². The number of anilines is 1. The number of aromatic nitrogens is 3. The van der Waals surface area contributed by atoms with Gasteiger partial charge in [-0.05, 0) is 48.6 Å². The Balaban J connectivity index is 0.939. The van der Waals surface area contributed by atoms with Crippen molar-refractivity contribution in [3.05, 3.63) is 76.4 Å². The summed E-state index contributed by atoms with van der Waals surface area (Å²) in [6.45, 7) is 3.50. The molecule has 59 heavy (non-hydrogen) atoms. The summed E-state index contributed by atoms with van der Waals surface area (Å²) in [5.74, 6) is -1.33. The molecule has 1 saturated carbocycles. The molecule has 2 aromatic heterocycles. The van der Waals surface area contributed by atoms with E-state index in [2.05, 4.69) is 30.6 Å². The van der Waals surface area contributed by atoms with Gasteiger partial charge in [0.25, 0.3) is 5.91 Å². The second-order valence-electron chi connectivity index (χ2n) is 15.1. The van der Waals surface area contributed by atoms with E-state index < -0.39 is 33.4 Å². The van der Waals surface area contributed by atoms with E-state index in [0.29, 0.717) is 55.8 Å². The zero-order chi connectivity index (χ0) is 41.9. The number of pyridine rings is 1. The molecule has 2 fully saturated rings. The first-order chi connectivity index (χ1) is 28.3. The third kappa shape index (κ3) is 9.32. The lowest BCUT2D eigenvalue weighted by molar-refractivity contribution is -0.201. The van der Waals surface area contributed by atoms with Crippen molar-refractivity contribution in [2.45, 2.75) is 62.4 Å². The van der Waals surface area contributed by atoms with Crippen molar-refractivity contribution in [1.82, 2.24) is 30.1 Å². The van der Waals surface area contributed by atoms with Gasteiger partial charge in [0.2, 0.25) is 32.7 Å². The summed E-state index contributed by atoms with van der Waals surface area (Å²) >= 11 is 0. The number of amidine groups is 1. The van der Waals surface area contributed by atoms with Crippen molar-refractivity contribution < 1.29 is 42.2 Å². The maximum atomic E-state index is 13.9. The largest absolute Gasteiger partial charge is 0.395 e. The Kier molecular flexibility index (Phi) is 12.2. The van der Waals surface area contributed by atoms with Crippen LogP contribution < -0.4 is 16.4 Å². The number of nitrogens with one attached hydrogen (secondary N) is 2. The van der Waals surface area contributed by atoms with Gasteiger partial charge in [0, 0.05) is 74.5 Å². The number of ether oxygens (including phenoxy) is 2. The molecule has 7 rings (SSSR count). The first-order valence-corrected chi connectivity index (χ1v) is 21.4. The SMILES string of the molecule is CCCN(CCO)C(=O)C1=Cc2ccc(C3(C(=O)Nc4cnc5c(c4)CN(C(=O)C4COC(CNC(=O)c6cnc(S(C)(=O)=O)nc6)OC4)CC5)CC3)cc2N=C(N)C1. The van der Waals surface area contributed by atoms with E-state index in [0.717, 1.165) is 47.5 Å². The predicted octanol–water partition coefficient (Wildman–Crippen LogP) is 1.26. The molecule has 312 valence electrons. The monoisotopic (exact) mass is 829 g/mol. The van der Waals surface area contributed by atoms with E-state index in [1.165, 1.54) is 0 Å². The third-order valence-electron chi connectivity index (χ3n) is 10.7. The smallest absolute Gasteiger partial charge is 0.254 e. The minimum Gasteiger partial charge on any atom is -0.395 e. The summed E-state index contributed by atoms with van der Waals surface area (Å²) in [5, 5.41) is 14.8. The van der Waals surface area contributed by atoms with Crippen LogP contribution >= 0.6 is 0 Å². The Labute approximate surface area is 341 Å². The van der Waals surface area contributed by atoms with Gasteiger partial charge >= 0.3 is 0 Å². The lowest BCUT2D eigenvalue weighted by Crippen LogP contribution is -2.47. The van der Waals surface area contributed by atoms with Crippen molar-refractivity contribution in [3.63, 3.8) is 0 Å². The van der Waals surface area contributed by atoms with E-state index in [1.54, 1.807) is 22.1 Å². The summed E-state index contributed by atoms with van der Waals surface area (Å²) in [6, 6.07) is 7.47. The number of nitrogens with two attached hydrogens (primary N) is 1. The number of rotatable bonds is 13. The van der Waals surface area contributed by atoms with Gasteiger partial charge in [-0.1, -0.05) is 19.1 Å². The summed E-state index contributed by atoms with van der Waals surface area (Å²) in [5.41, 5.74) is 10.3. The Hall–Kier alpha value is -5.63. The van der Waals surface area contributed by atoms with Crippen LogP contribution in [0.1, 0.15) is 65.3 Å². The number of aliphatic hydroxyl groups excluding tert-OH is 1. The summed E-state index contributed by atoms with van der Waals surface area (Å²) in [7, 11) is -3.60. The first kappa shape index (κ1) is 41.5. The topological polar surface area (TPSA) is 249 Å². The molecule has 0 bridgehead atoms. The molecule has 5 N–H and O–H groups in total. The fraction of sp³-hybridized carbons (Fsp3) is 0.450. The van der Waals surface area contributed by atoms with Crippen LogP contribution in [-0.2, 0) is 52.1 Å². The molecule has 19 heteroatoms. The Morgan fingerprint density at radius 2 is 1.80 bits per heavy atom. The number of fused-ring (bicyclic) bond motifs is 2. The van der Waals surface area contributed by atoms with Crippen LogP contribution in [0.2, 0.25) is 0 Å². The highest BCUT2D eigenvalue weighted by molar-refractivity contribution is 7.90. The van der Waals surface area contributed by atoms with Crippen LogP contribution in [0.25, 0.3) is 6.08 Å². The summed E-state index contributed by atoms with van der Waals surface area (Å²) in [6.07, 6.45) is 8.58. The number of carbonyl (C=O) groups is 4. The van der Waals surface area contributed by atoms with E-state index in [4.69, 9.17) is 15.2 Å². The number of aliphatic imine (C=N–C) groups is 1. The highest BCUT2D eigenvalue weighted by Gasteiger charge is 2.51. The molecule has 4 amide bonds. The molecule has 0 unspecified atom stereocenters. The van der Waals surface area contributed by atoms with Gasteiger partial charge in [0.05, 0.1) is 60.8 Å². The number of carbonyl (C=O) groups excluding carboxylic acids is 4.